The molecule has 0 aliphatic carbocycles. The van der Waals surface area contributed by atoms with Gasteiger partial charge in [-0.1, -0.05) is 85.0 Å². The maximum Gasteiger partial charge on any atom is 0.272 e. The molecule has 2 aliphatic heterocycles. The lowest BCUT2D eigenvalue weighted by Gasteiger charge is -2.34. The predicted octanol–water partition coefficient (Wildman–Crippen LogP) is 4.02. The first-order valence-corrected chi connectivity index (χ1v) is 14.1. The second kappa shape index (κ2) is 13.8. The molecule has 7 nitrogen and oxygen atoms in total. The molecule has 2 amide bonds. The minimum Gasteiger partial charge on any atom is -0.336 e. The van der Waals surface area contributed by atoms with Gasteiger partial charge in [0.25, 0.3) is 11.8 Å². The molecule has 0 atom stereocenters. The van der Waals surface area contributed by atoms with Crippen LogP contribution in [0.3, 0.4) is 0 Å². The monoisotopic (exact) mass is 535 g/mol. The number of nitrogens with zero attached hydrogens (tertiary/aromatic N) is 5. The molecule has 2 aromatic carbocycles. The van der Waals surface area contributed by atoms with Crippen LogP contribution < -0.4 is 0 Å². The Labute approximate surface area is 237 Å². The Morgan fingerprint density at radius 2 is 1.07 bits per heavy atom. The van der Waals surface area contributed by atoms with Crippen LogP contribution in [0.1, 0.15) is 32.0 Å². The number of benzene rings is 2. The number of carbonyl (C=O) groups is 2. The van der Waals surface area contributed by atoms with Gasteiger partial charge in [0.05, 0.1) is 5.56 Å². The summed E-state index contributed by atoms with van der Waals surface area (Å²) in [5, 5.41) is 0. The zero-order valence-corrected chi connectivity index (χ0v) is 22.9. The number of aromatic nitrogens is 1. The largest absolute Gasteiger partial charge is 0.336 e. The van der Waals surface area contributed by atoms with E-state index in [2.05, 4.69) is 63.4 Å². The van der Waals surface area contributed by atoms with Crippen molar-refractivity contribution in [1.29, 1.82) is 0 Å². The molecule has 3 aromatic rings. The molecule has 0 radical (unpaired) electrons. The summed E-state index contributed by atoms with van der Waals surface area (Å²) < 4.78 is 0. The van der Waals surface area contributed by atoms with E-state index >= 15 is 0 Å². The van der Waals surface area contributed by atoms with Gasteiger partial charge in [-0.15, -0.1) is 0 Å². The summed E-state index contributed by atoms with van der Waals surface area (Å²) in [5.41, 5.74) is 3.31. The normalized spacial score (nSPS) is 17.1. The molecule has 2 fully saturated rings. The molecule has 40 heavy (non-hydrogen) atoms. The minimum absolute atomic E-state index is 0.0249. The molecule has 2 aliphatic rings. The van der Waals surface area contributed by atoms with Gasteiger partial charge < -0.3 is 9.80 Å². The van der Waals surface area contributed by atoms with Crippen molar-refractivity contribution in [2.45, 2.75) is 0 Å². The molecule has 0 bridgehead atoms. The van der Waals surface area contributed by atoms with Crippen molar-refractivity contribution in [1.82, 2.24) is 24.6 Å². The zero-order chi connectivity index (χ0) is 27.6. The van der Waals surface area contributed by atoms with Crippen LogP contribution >= 0.6 is 0 Å². The lowest BCUT2D eigenvalue weighted by Crippen LogP contribution is -2.49. The van der Waals surface area contributed by atoms with E-state index < -0.39 is 0 Å². The Morgan fingerprint density at radius 1 is 0.600 bits per heavy atom. The van der Waals surface area contributed by atoms with Crippen LogP contribution in [0, 0.1) is 0 Å². The molecule has 3 heterocycles. The van der Waals surface area contributed by atoms with Crippen LogP contribution in [0.4, 0.5) is 0 Å². The van der Waals surface area contributed by atoms with Gasteiger partial charge in [-0.25, -0.2) is 0 Å². The molecular weight excluding hydrogens is 498 g/mol. The van der Waals surface area contributed by atoms with Crippen molar-refractivity contribution in [2.75, 3.05) is 65.4 Å². The van der Waals surface area contributed by atoms with Crippen molar-refractivity contribution in [3.63, 3.8) is 0 Å². The first-order chi connectivity index (χ1) is 19.7. The van der Waals surface area contributed by atoms with E-state index in [0.29, 0.717) is 37.4 Å². The van der Waals surface area contributed by atoms with E-state index in [4.69, 9.17) is 0 Å². The standard InChI is InChI=1S/C33H37N5O2/c39-32(37-23-19-35(20-24-37)17-7-13-28-9-3-1-4-10-28)30-15-16-31(34-27-30)33(40)38-25-21-36(22-26-38)18-8-14-29-11-5-2-6-12-29/h1-16,27H,17-26H2. The molecule has 0 unspecified atom stereocenters. The van der Waals surface area contributed by atoms with Crippen LogP contribution in [0.5, 0.6) is 0 Å². The first-order valence-electron chi connectivity index (χ1n) is 14.1. The molecular formula is C33H37N5O2. The van der Waals surface area contributed by atoms with E-state index in [1.807, 2.05) is 46.2 Å². The smallest absolute Gasteiger partial charge is 0.272 e. The first kappa shape index (κ1) is 27.5. The third-order valence-electron chi connectivity index (χ3n) is 7.50. The molecule has 7 heteroatoms. The third kappa shape index (κ3) is 7.52. The molecule has 2 saturated heterocycles. The fraction of sp³-hybridized carbons (Fsp3) is 0.303. The maximum atomic E-state index is 13.0. The van der Waals surface area contributed by atoms with Crippen LogP contribution in [0.2, 0.25) is 0 Å². The highest BCUT2D eigenvalue weighted by Crippen LogP contribution is 2.12. The van der Waals surface area contributed by atoms with Gasteiger partial charge in [-0.2, -0.15) is 0 Å². The second-order valence-corrected chi connectivity index (χ2v) is 10.2. The predicted molar refractivity (Wildman–Crippen MR) is 160 cm³/mol. The summed E-state index contributed by atoms with van der Waals surface area (Å²) in [6, 6.07) is 24.0. The van der Waals surface area contributed by atoms with E-state index in [-0.39, 0.29) is 11.8 Å². The minimum atomic E-state index is -0.0735. The SMILES string of the molecule is O=C(c1ccc(C(=O)N2CCN(CC=Cc3ccccc3)CC2)nc1)N1CCN(CC=Cc2ccccc2)CC1. The van der Waals surface area contributed by atoms with E-state index in [1.165, 1.54) is 11.1 Å². The Kier molecular flexibility index (Phi) is 9.50. The van der Waals surface area contributed by atoms with Gasteiger partial charge >= 0.3 is 0 Å². The number of piperazine rings is 2. The number of carbonyl (C=O) groups excluding carboxylic acids is 2. The van der Waals surface area contributed by atoms with Crippen molar-refractivity contribution in [3.8, 4) is 0 Å². The molecule has 0 spiro atoms. The number of hydrogen-bond acceptors (Lipinski definition) is 5. The Balaban J connectivity index is 1.05. The maximum absolute atomic E-state index is 13.0. The van der Waals surface area contributed by atoms with Gasteiger partial charge in [0.15, 0.2) is 0 Å². The second-order valence-electron chi connectivity index (χ2n) is 10.2. The highest BCUT2D eigenvalue weighted by Gasteiger charge is 2.24. The lowest BCUT2D eigenvalue weighted by atomic mass is 10.2. The fourth-order valence-corrected chi connectivity index (χ4v) is 5.06. The van der Waals surface area contributed by atoms with Crippen LogP contribution in [-0.2, 0) is 0 Å². The average Bonchev–Trinajstić information content (AvgIpc) is 3.02. The summed E-state index contributed by atoms with van der Waals surface area (Å²) in [4.78, 5) is 38.9. The summed E-state index contributed by atoms with van der Waals surface area (Å²) in [5.74, 6) is -0.0983. The van der Waals surface area contributed by atoms with Crippen molar-refractivity contribution >= 4 is 24.0 Å². The van der Waals surface area contributed by atoms with Crippen molar-refractivity contribution in [3.05, 3.63) is 114 Å². The molecule has 0 saturated carbocycles. The molecule has 206 valence electrons. The highest BCUT2D eigenvalue weighted by molar-refractivity contribution is 5.96. The van der Waals surface area contributed by atoms with E-state index in [1.54, 1.807) is 18.3 Å². The van der Waals surface area contributed by atoms with Gasteiger partial charge in [0.1, 0.15) is 5.69 Å². The summed E-state index contributed by atoms with van der Waals surface area (Å²) in [7, 11) is 0. The van der Waals surface area contributed by atoms with Gasteiger partial charge in [-0.3, -0.25) is 24.4 Å². The zero-order valence-electron chi connectivity index (χ0n) is 22.9. The number of hydrogen-bond donors (Lipinski definition) is 0. The number of amides is 2. The average molecular weight is 536 g/mol. The Hall–Kier alpha value is -4.07. The summed E-state index contributed by atoms with van der Waals surface area (Å²) in [6.45, 7) is 7.78. The van der Waals surface area contributed by atoms with Crippen molar-refractivity contribution < 1.29 is 9.59 Å². The van der Waals surface area contributed by atoms with Gasteiger partial charge in [0, 0.05) is 71.6 Å². The fourth-order valence-electron chi connectivity index (χ4n) is 5.06. The highest BCUT2D eigenvalue weighted by atomic mass is 16.2. The van der Waals surface area contributed by atoms with Gasteiger partial charge in [-0.05, 0) is 23.3 Å². The Bertz CT molecular complexity index is 1190. The quantitative estimate of drug-likeness (QED) is 0.436. The van der Waals surface area contributed by atoms with Crippen LogP contribution in [0.15, 0.2) is 91.1 Å². The summed E-state index contributed by atoms with van der Waals surface area (Å²) in [6.07, 6.45) is 10.2. The summed E-state index contributed by atoms with van der Waals surface area (Å²) >= 11 is 0. The molecule has 1 aromatic heterocycles. The van der Waals surface area contributed by atoms with E-state index in [0.717, 1.165) is 39.3 Å². The van der Waals surface area contributed by atoms with Crippen LogP contribution in [0.25, 0.3) is 12.2 Å². The van der Waals surface area contributed by atoms with Crippen molar-refractivity contribution in [2.24, 2.45) is 0 Å². The third-order valence-corrected chi connectivity index (χ3v) is 7.50. The number of rotatable bonds is 8. The Morgan fingerprint density at radius 3 is 1.52 bits per heavy atom. The lowest BCUT2D eigenvalue weighted by molar-refractivity contribution is 0.0634. The molecule has 0 N–H and O–H groups in total. The van der Waals surface area contributed by atoms with Gasteiger partial charge in [0.2, 0.25) is 0 Å². The van der Waals surface area contributed by atoms with E-state index in [9.17, 15) is 9.59 Å². The number of pyridine rings is 1. The van der Waals surface area contributed by atoms with Crippen LogP contribution in [-0.4, -0.2) is 102 Å². The molecule has 5 rings (SSSR count). The topological polar surface area (TPSA) is 60.0 Å².